The molecule has 1 amide bonds. The van der Waals surface area contributed by atoms with Crippen molar-refractivity contribution in [2.24, 2.45) is 0 Å². The minimum Gasteiger partial charge on any atom is -0.497 e. The molecule has 0 spiro atoms. The van der Waals surface area contributed by atoms with Gasteiger partial charge in [-0.2, -0.15) is 0 Å². The first-order valence-corrected chi connectivity index (χ1v) is 7.89. The van der Waals surface area contributed by atoms with Gasteiger partial charge in [0.25, 0.3) is 5.91 Å². The first kappa shape index (κ1) is 17.7. The van der Waals surface area contributed by atoms with Crippen LogP contribution in [0, 0.1) is 0 Å². The van der Waals surface area contributed by atoms with Crippen LogP contribution in [0.15, 0.2) is 29.8 Å². The summed E-state index contributed by atoms with van der Waals surface area (Å²) in [5.41, 5.74) is 1.29. The van der Waals surface area contributed by atoms with Crippen molar-refractivity contribution < 1.29 is 23.9 Å². The Morgan fingerprint density at radius 1 is 1.25 bits per heavy atom. The lowest BCUT2D eigenvalue weighted by Crippen LogP contribution is -2.28. The molecule has 1 aliphatic rings. The number of methoxy groups -OCH3 is 1. The molecule has 0 aromatic heterocycles. The number of amides is 1. The SMILES string of the molecule is CCOC(=O)CCCN1CC(=Cc2ccc(OC)cc2)C(=O)C1=O. The summed E-state index contributed by atoms with van der Waals surface area (Å²) in [6.07, 6.45) is 2.43. The summed E-state index contributed by atoms with van der Waals surface area (Å²) in [4.78, 5) is 36.8. The maximum atomic E-state index is 12.1. The highest BCUT2D eigenvalue weighted by Crippen LogP contribution is 2.19. The number of carbonyl (C=O) groups excluding carboxylic acids is 3. The maximum absolute atomic E-state index is 12.1. The molecule has 1 heterocycles. The molecular formula is C18H21NO5. The Bertz CT molecular complexity index is 648. The Labute approximate surface area is 141 Å². The molecule has 0 unspecified atom stereocenters. The number of Topliss-reactive ketones (excluding diaryl/α,β-unsaturated/α-hetero) is 1. The molecule has 24 heavy (non-hydrogen) atoms. The molecule has 1 fully saturated rings. The number of ether oxygens (including phenoxy) is 2. The number of carbonyl (C=O) groups is 3. The van der Waals surface area contributed by atoms with E-state index in [1.54, 1.807) is 32.2 Å². The van der Waals surface area contributed by atoms with Crippen molar-refractivity contribution in [3.63, 3.8) is 0 Å². The molecule has 1 aromatic carbocycles. The Balaban J connectivity index is 1.96. The van der Waals surface area contributed by atoms with Crippen molar-refractivity contribution in [2.45, 2.75) is 19.8 Å². The summed E-state index contributed by atoms with van der Waals surface area (Å²) in [5, 5.41) is 0. The van der Waals surface area contributed by atoms with Gasteiger partial charge in [0, 0.05) is 18.5 Å². The second kappa shape index (κ2) is 8.29. The zero-order chi connectivity index (χ0) is 17.5. The number of esters is 1. The molecule has 1 saturated heterocycles. The van der Waals surface area contributed by atoms with E-state index in [9.17, 15) is 14.4 Å². The van der Waals surface area contributed by atoms with Crippen LogP contribution < -0.4 is 4.74 Å². The molecule has 1 aliphatic heterocycles. The fourth-order valence-electron chi connectivity index (χ4n) is 2.47. The predicted octanol–water partition coefficient (Wildman–Crippen LogP) is 1.83. The Morgan fingerprint density at radius 2 is 1.96 bits per heavy atom. The molecule has 0 bridgehead atoms. The van der Waals surface area contributed by atoms with Crippen molar-refractivity contribution in [2.75, 3.05) is 26.8 Å². The van der Waals surface area contributed by atoms with E-state index in [1.165, 1.54) is 4.90 Å². The lowest BCUT2D eigenvalue weighted by atomic mass is 10.1. The van der Waals surface area contributed by atoms with E-state index in [0.717, 1.165) is 11.3 Å². The normalized spacial score (nSPS) is 15.9. The number of hydrogen-bond acceptors (Lipinski definition) is 5. The highest BCUT2D eigenvalue weighted by Gasteiger charge is 2.33. The fraction of sp³-hybridized carbons (Fsp3) is 0.389. The number of benzene rings is 1. The van der Waals surface area contributed by atoms with Gasteiger partial charge in [0.2, 0.25) is 5.78 Å². The van der Waals surface area contributed by atoms with E-state index in [1.807, 2.05) is 12.1 Å². The average molecular weight is 331 g/mol. The van der Waals surface area contributed by atoms with Gasteiger partial charge < -0.3 is 14.4 Å². The van der Waals surface area contributed by atoms with Gasteiger partial charge in [-0.3, -0.25) is 14.4 Å². The molecule has 2 rings (SSSR count). The highest BCUT2D eigenvalue weighted by molar-refractivity contribution is 6.45. The number of nitrogens with zero attached hydrogens (tertiary/aromatic N) is 1. The third kappa shape index (κ3) is 4.44. The summed E-state index contributed by atoms with van der Waals surface area (Å²) in [6.45, 7) is 2.72. The van der Waals surface area contributed by atoms with Crippen molar-refractivity contribution in [1.29, 1.82) is 0 Å². The van der Waals surface area contributed by atoms with Crippen LogP contribution in [0.3, 0.4) is 0 Å². The molecule has 0 aliphatic carbocycles. The van der Waals surface area contributed by atoms with Gasteiger partial charge in [-0.25, -0.2) is 0 Å². The number of likely N-dealkylation sites (tertiary alicyclic amines) is 1. The zero-order valence-electron chi connectivity index (χ0n) is 13.9. The van der Waals surface area contributed by atoms with Gasteiger partial charge in [0.15, 0.2) is 0 Å². The van der Waals surface area contributed by atoms with E-state index in [-0.39, 0.29) is 18.9 Å². The molecule has 0 saturated carbocycles. The van der Waals surface area contributed by atoms with Gasteiger partial charge in [-0.15, -0.1) is 0 Å². The van der Waals surface area contributed by atoms with Crippen molar-refractivity contribution >= 4 is 23.7 Å². The summed E-state index contributed by atoms with van der Waals surface area (Å²) < 4.78 is 9.93. The van der Waals surface area contributed by atoms with E-state index in [2.05, 4.69) is 0 Å². The van der Waals surface area contributed by atoms with Crippen LogP contribution in [0.4, 0.5) is 0 Å². The smallest absolute Gasteiger partial charge is 0.305 e. The molecule has 0 radical (unpaired) electrons. The Morgan fingerprint density at radius 3 is 2.58 bits per heavy atom. The average Bonchev–Trinajstić information content (AvgIpc) is 2.84. The van der Waals surface area contributed by atoms with E-state index >= 15 is 0 Å². The van der Waals surface area contributed by atoms with Crippen LogP contribution in [0.25, 0.3) is 6.08 Å². The summed E-state index contributed by atoms with van der Waals surface area (Å²) in [7, 11) is 1.58. The maximum Gasteiger partial charge on any atom is 0.305 e. The first-order chi connectivity index (χ1) is 11.5. The predicted molar refractivity (Wildman–Crippen MR) is 88.4 cm³/mol. The van der Waals surface area contributed by atoms with Crippen LogP contribution in [-0.2, 0) is 19.1 Å². The van der Waals surface area contributed by atoms with Gasteiger partial charge in [0.1, 0.15) is 5.75 Å². The summed E-state index contributed by atoms with van der Waals surface area (Å²) >= 11 is 0. The zero-order valence-corrected chi connectivity index (χ0v) is 13.9. The van der Waals surface area contributed by atoms with E-state index in [0.29, 0.717) is 25.1 Å². The lowest BCUT2D eigenvalue weighted by molar-refractivity contribution is -0.143. The number of hydrogen-bond donors (Lipinski definition) is 0. The molecule has 1 aromatic rings. The van der Waals surface area contributed by atoms with Gasteiger partial charge in [-0.05, 0) is 37.1 Å². The first-order valence-electron chi connectivity index (χ1n) is 7.89. The number of rotatable bonds is 7. The minimum atomic E-state index is -0.515. The third-order valence-electron chi connectivity index (χ3n) is 3.71. The molecule has 0 atom stereocenters. The molecule has 128 valence electrons. The second-order valence-corrected chi connectivity index (χ2v) is 5.41. The topological polar surface area (TPSA) is 72.9 Å². The third-order valence-corrected chi connectivity index (χ3v) is 3.71. The highest BCUT2D eigenvalue weighted by atomic mass is 16.5. The van der Waals surface area contributed by atoms with Crippen molar-refractivity contribution in [3.8, 4) is 5.75 Å². The van der Waals surface area contributed by atoms with Gasteiger partial charge in [0.05, 0.1) is 20.3 Å². The van der Waals surface area contributed by atoms with Crippen LogP contribution in [0.2, 0.25) is 0 Å². The van der Waals surface area contributed by atoms with Crippen molar-refractivity contribution in [1.82, 2.24) is 4.90 Å². The van der Waals surface area contributed by atoms with Crippen LogP contribution in [0.1, 0.15) is 25.3 Å². The Kier molecular flexibility index (Phi) is 6.12. The van der Waals surface area contributed by atoms with Gasteiger partial charge >= 0.3 is 5.97 Å². The standard InChI is InChI=1S/C18H21NO5/c1-3-24-16(20)5-4-10-19-12-14(17(21)18(19)22)11-13-6-8-15(23-2)9-7-13/h6-9,11H,3-5,10,12H2,1-2H3. The molecule has 6 heteroatoms. The largest absolute Gasteiger partial charge is 0.497 e. The van der Waals surface area contributed by atoms with Crippen LogP contribution in [0.5, 0.6) is 5.75 Å². The van der Waals surface area contributed by atoms with Gasteiger partial charge in [-0.1, -0.05) is 12.1 Å². The minimum absolute atomic E-state index is 0.239. The van der Waals surface area contributed by atoms with E-state index in [4.69, 9.17) is 9.47 Å². The lowest BCUT2D eigenvalue weighted by Gasteiger charge is -2.13. The quantitative estimate of drug-likeness (QED) is 0.433. The fourth-order valence-corrected chi connectivity index (χ4v) is 2.47. The number of ketones is 1. The van der Waals surface area contributed by atoms with Crippen molar-refractivity contribution in [3.05, 3.63) is 35.4 Å². The summed E-state index contributed by atoms with van der Waals surface area (Å²) in [5.74, 6) is -0.559. The van der Waals surface area contributed by atoms with E-state index < -0.39 is 11.7 Å². The summed E-state index contributed by atoms with van der Waals surface area (Å²) in [6, 6.07) is 7.25. The second-order valence-electron chi connectivity index (χ2n) is 5.41. The van der Waals surface area contributed by atoms with Crippen LogP contribution >= 0.6 is 0 Å². The molecule has 0 N–H and O–H groups in total. The monoisotopic (exact) mass is 331 g/mol. The van der Waals surface area contributed by atoms with Crippen LogP contribution in [-0.4, -0.2) is 49.4 Å². The Hall–Kier alpha value is -2.63. The molecule has 6 nitrogen and oxygen atoms in total. The molecular weight excluding hydrogens is 310 g/mol.